The quantitative estimate of drug-likeness (QED) is 0.900. The highest BCUT2D eigenvalue weighted by Crippen LogP contribution is 2.30. The van der Waals surface area contributed by atoms with Gasteiger partial charge in [0.1, 0.15) is 5.82 Å². The standard InChI is InChI=1S/C19H20F3N3O/c20-19(21,22)16-6-7-17(23-13-16)25-10-8-14(9-11-25)12-24-18(26)15-4-2-1-3-5-15/h1-7,13-14H,8-12H2,(H,24,26). The van der Waals surface area contributed by atoms with Gasteiger partial charge in [-0.2, -0.15) is 13.2 Å². The lowest BCUT2D eigenvalue weighted by atomic mass is 9.96. The molecule has 1 aliphatic rings. The normalized spacial score (nSPS) is 15.7. The van der Waals surface area contributed by atoms with Gasteiger partial charge in [0.15, 0.2) is 0 Å². The molecular formula is C19H20F3N3O. The van der Waals surface area contributed by atoms with Crippen LogP contribution in [0, 0.1) is 5.92 Å². The van der Waals surface area contributed by atoms with Crippen LogP contribution in [0.5, 0.6) is 0 Å². The topological polar surface area (TPSA) is 45.2 Å². The predicted octanol–water partition coefficient (Wildman–Crippen LogP) is 3.75. The average Bonchev–Trinajstić information content (AvgIpc) is 2.66. The Morgan fingerprint density at radius 2 is 1.81 bits per heavy atom. The van der Waals surface area contributed by atoms with Crippen LogP contribution in [0.25, 0.3) is 0 Å². The van der Waals surface area contributed by atoms with Crippen molar-refractivity contribution >= 4 is 11.7 Å². The number of rotatable bonds is 4. The molecule has 26 heavy (non-hydrogen) atoms. The SMILES string of the molecule is O=C(NCC1CCN(c2ccc(C(F)(F)F)cn2)CC1)c1ccccc1. The van der Waals surface area contributed by atoms with Crippen LogP contribution in [0.4, 0.5) is 19.0 Å². The summed E-state index contributed by atoms with van der Waals surface area (Å²) in [5, 5.41) is 2.95. The molecule has 1 amide bonds. The largest absolute Gasteiger partial charge is 0.417 e. The Labute approximate surface area is 150 Å². The highest BCUT2D eigenvalue weighted by molar-refractivity contribution is 5.94. The van der Waals surface area contributed by atoms with Crippen molar-refractivity contribution in [2.24, 2.45) is 5.92 Å². The lowest BCUT2D eigenvalue weighted by Crippen LogP contribution is -2.39. The first-order valence-electron chi connectivity index (χ1n) is 8.55. The lowest BCUT2D eigenvalue weighted by molar-refractivity contribution is -0.137. The minimum absolute atomic E-state index is 0.0857. The van der Waals surface area contributed by atoms with E-state index in [1.165, 1.54) is 6.07 Å². The molecule has 1 aromatic carbocycles. The van der Waals surface area contributed by atoms with Gasteiger partial charge < -0.3 is 10.2 Å². The summed E-state index contributed by atoms with van der Waals surface area (Å²) in [5.41, 5.74) is -0.0985. The Morgan fingerprint density at radius 3 is 2.38 bits per heavy atom. The summed E-state index contributed by atoms with van der Waals surface area (Å²) < 4.78 is 37.8. The van der Waals surface area contributed by atoms with Gasteiger partial charge in [0, 0.05) is 31.4 Å². The van der Waals surface area contributed by atoms with Gasteiger partial charge in [0.2, 0.25) is 0 Å². The highest BCUT2D eigenvalue weighted by Gasteiger charge is 2.31. The molecule has 3 rings (SSSR count). The fourth-order valence-electron chi connectivity index (χ4n) is 3.04. The van der Waals surface area contributed by atoms with Crippen LogP contribution >= 0.6 is 0 Å². The van der Waals surface area contributed by atoms with Crippen LogP contribution in [0.15, 0.2) is 48.7 Å². The van der Waals surface area contributed by atoms with Gasteiger partial charge >= 0.3 is 6.18 Å². The van der Waals surface area contributed by atoms with Crippen molar-refractivity contribution in [3.63, 3.8) is 0 Å². The first-order chi connectivity index (χ1) is 12.4. The van der Waals surface area contributed by atoms with Gasteiger partial charge in [0.05, 0.1) is 5.56 Å². The molecule has 1 aliphatic heterocycles. The van der Waals surface area contributed by atoms with Crippen molar-refractivity contribution in [2.45, 2.75) is 19.0 Å². The monoisotopic (exact) mass is 363 g/mol. The lowest BCUT2D eigenvalue weighted by Gasteiger charge is -2.33. The smallest absolute Gasteiger partial charge is 0.357 e. The number of amides is 1. The van der Waals surface area contributed by atoms with Crippen molar-refractivity contribution < 1.29 is 18.0 Å². The Kier molecular flexibility index (Phi) is 5.44. The van der Waals surface area contributed by atoms with Crippen molar-refractivity contribution in [2.75, 3.05) is 24.5 Å². The van der Waals surface area contributed by atoms with Gasteiger partial charge in [-0.15, -0.1) is 0 Å². The van der Waals surface area contributed by atoms with E-state index < -0.39 is 11.7 Å². The average molecular weight is 363 g/mol. The molecule has 0 aliphatic carbocycles. The minimum Gasteiger partial charge on any atom is -0.357 e. The number of hydrogen-bond donors (Lipinski definition) is 1. The van der Waals surface area contributed by atoms with Crippen LogP contribution < -0.4 is 10.2 Å². The number of nitrogens with one attached hydrogen (secondary N) is 1. The van der Waals surface area contributed by atoms with Crippen LogP contribution in [0.3, 0.4) is 0 Å². The summed E-state index contributed by atoms with van der Waals surface area (Å²) in [7, 11) is 0. The van der Waals surface area contributed by atoms with Gasteiger partial charge in [-0.05, 0) is 43.0 Å². The summed E-state index contributed by atoms with van der Waals surface area (Å²) >= 11 is 0. The maximum atomic E-state index is 12.6. The third kappa shape index (κ3) is 4.53. The van der Waals surface area contributed by atoms with E-state index in [0.29, 0.717) is 36.9 Å². The van der Waals surface area contributed by atoms with E-state index in [9.17, 15) is 18.0 Å². The summed E-state index contributed by atoms with van der Waals surface area (Å²) in [5.74, 6) is 0.829. The molecule has 7 heteroatoms. The van der Waals surface area contributed by atoms with Crippen LogP contribution in [0.1, 0.15) is 28.8 Å². The molecule has 2 heterocycles. The second kappa shape index (κ2) is 7.76. The number of anilines is 1. The molecule has 2 aromatic rings. The number of alkyl halides is 3. The third-order valence-electron chi connectivity index (χ3n) is 4.60. The number of carbonyl (C=O) groups is 1. The molecule has 0 atom stereocenters. The van der Waals surface area contributed by atoms with E-state index in [2.05, 4.69) is 10.3 Å². The zero-order valence-electron chi connectivity index (χ0n) is 14.2. The molecule has 138 valence electrons. The molecule has 1 fully saturated rings. The first kappa shape index (κ1) is 18.2. The first-order valence-corrected chi connectivity index (χ1v) is 8.55. The number of halogens is 3. The van der Waals surface area contributed by atoms with Crippen molar-refractivity contribution in [3.8, 4) is 0 Å². The molecule has 4 nitrogen and oxygen atoms in total. The molecule has 0 radical (unpaired) electrons. The Morgan fingerprint density at radius 1 is 1.12 bits per heavy atom. The van der Waals surface area contributed by atoms with Gasteiger partial charge in [-0.25, -0.2) is 4.98 Å². The molecule has 1 aromatic heterocycles. The highest BCUT2D eigenvalue weighted by atomic mass is 19.4. The van der Waals surface area contributed by atoms with Crippen LogP contribution in [-0.4, -0.2) is 30.5 Å². The Hall–Kier alpha value is -2.57. The summed E-state index contributed by atoms with van der Waals surface area (Å²) in [6.07, 6.45) is -1.77. The van der Waals surface area contributed by atoms with Crippen LogP contribution in [0.2, 0.25) is 0 Å². The maximum Gasteiger partial charge on any atom is 0.417 e. The van der Waals surface area contributed by atoms with E-state index in [-0.39, 0.29) is 5.91 Å². The molecule has 1 N–H and O–H groups in total. The van der Waals surface area contributed by atoms with Crippen molar-refractivity contribution in [1.82, 2.24) is 10.3 Å². The minimum atomic E-state index is -4.37. The van der Waals surface area contributed by atoms with Crippen LogP contribution in [-0.2, 0) is 6.18 Å². The van der Waals surface area contributed by atoms with Gasteiger partial charge in [0.25, 0.3) is 5.91 Å². The number of aromatic nitrogens is 1. The second-order valence-electron chi connectivity index (χ2n) is 6.41. The summed E-state index contributed by atoms with van der Waals surface area (Å²) in [4.78, 5) is 18.0. The number of pyridine rings is 1. The molecule has 0 spiro atoms. The fourth-order valence-corrected chi connectivity index (χ4v) is 3.04. The molecule has 0 unspecified atom stereocenters. The second-order valence-corrected chi connectivity index (χ2v) is 6.41. The summed E-state index contributed by atoms with van der Waals surface area (Å²) in [6.45, 7) is 2.02. The van der Waals surface area contributed by atoms with E-state index >= 15 is 0 Å². The zero-order chi connectivity index (χ0) is 18.6. The van der Waals surface area contributed by atoms with Crippen molar-refractivity contribution in [1.29, 1.82) is 0 Å². The van der Waals surface area contributed by atoms with Gasteiger partial charge in [-0.3, -0.25) is 4.79 Å². The predicted molar refractivity (Wildman–Crippen MR) is 93.0 cm³/mol. The number of piperidine rings is 1. The molecular weight excluding hydrogens is 343 g/mol. The van der Waals surface area contributed by atoms with E-state index in [0.717, 1.165) is 25.1 Å². The molecule has 0 saturated carbocycles. The fraction of sp³-hybridized carbons (Fsp3) is 0.368. The Balaban J connectivity index is 1.48. The van der Waals surface area contributed by atoms with E-state index in [1.54, 1.807) is 12.1 Å². The molecule has 1 saturated heterocycles. The zero-order valence-corrected chi connectivity index (χ0v) is 14.2. The number of benzene rings is 1. The number of hydrogen-bond acceptors (Lipinski definition) is 3. The van der Waals surface area contributed by atoms with E-state index in [4.69, 9.17) is 0 Å². The Bertz CT molecular complexity index is 724. The number of nitrogens with zero attached hydrogens (tertiary/aromatic N) is 2. The van der Waals surface area contributed by atoms with E-state index in [1.807, 2.05) is 23.1 Å². The third-order valence-corrected chi connectivity index (χ3v) is 4.60. The summed E-state index contributed by atoms with van der Waals surface area (Å²) in [6, 6.07) is 11.5. The number of carbonyl (C=O) groups excluding carboxylic acids is 1. The maximum absolute atomic E-state index is 12.6. The van der Waals surface area contributed by atoms with Gasteiger partial charge in [-0.1, -0.05) is 18.2 Å². The molecule has 0 bridgehead atoms. The van der Waals surface area contributed by atoms with Crippen molar-refractivity contribution in [3.05, 3.63) is 59.8 Å².